The van der Waals surface area contributed by atoms with Crippen molar-refractivity contribution < 1.29 is 19.1 Å². The van der Waals surface area contributed by atoms with Crippen molar-refractivity contribution >= 4 is 17.6 Å². The van der Waals surface area contributed by atoms with Gasteiger partial charge in [-0.25, -0.2) is 0 Å². The van der Waals surface area contributed by atoms with Gasteiger partial charge >= 0.3 is 5.97 Å². The Morgan fingerprint density at radius 1 is 1.04 bits per heavy atom. The van der Waals surface area contributed by atoms with Crippen LogP contribution in [-0.4, -0.2) is 43.0 Å². The molecule has 0 atom stereocenters. The van der Waals surface area contributed by atoms with Crippen molar-refractivity contribution in [3.05, 3.63) is 54.6 Å². The first-order valence-corrected chi connectivity index (χ1v) is 9.63. The molecule has 2 aromatic rings. The number of carbonyl (C=O) groups excluding carboxylic acids is 2. The summed E-state index contributed by atoms with van der Waals surface area (Å²) in [5.41, 5.74) is 0.654. The number of nitrogens with zero attached hydrogens (tertiary/aromatic N) is 1. The van der Waals surface area contributed by atoms with E-state index in [9.17, 15) is 9.59 Å². The van der Waals surface area contributed by atoms with Gasteiger partial charge in [0.25, 0.3) is 0 Å². The first kappa shape index (κ1) is 19.9. The van der Waals surface area contributed by atoms with Gasteiger partial charge in [0, 0.05) is 18.3 Å². The van der Waals surface area contributed by atoms with Gasteiger partial charge in [0.15, 0.2) is 0 Å². The Hall–Kier alpha value is -2.86. The second-order valence-electron chi connectivity index (χ2n) is 6.91. The highest BCUT2D eigenvalue weighted by atomic mass is 16.5. The normalized spacial score (nSPS) is 13.2. The summed E-state index contributed by atoms with van der Waals surface area (Å²) >= 11 is 0. The molecule has 1 aliphatic rings. The number of ether oxygens (including phenoxy) is 2. The first-order valence-electron chi connectivity index (χ1n) is 9.63. The average molecular weight is 382 g/mol. The molecule has 1 aliphatic carbocycles. The van der Waals surface area contributed by atoms with Crippen LogP contribution in [0.3, 0.4) is 0 Å². The van der Waals surface area contributed by atoms with Crippen molar-refractivity contribution in [3.63, 3.8) is 0 Å². The quantitative estimate of drug-likeness (QED) is 0.635. The summed E-state index contributed by atoms with van der Waals surface area (Å²) in [6.45, 7) is 3.15. The molecule has 1 N–H and O–H groups in total. The zero-order valence-electron chi connectivity index (χ0n) is 16.1. The van der Waals surface area contributed by atoms with Crippen LogP contribution in [0.2, 0.25) is 0 Å². The third-order valence-corrected chi connectivity index (χ3v) is 4.34. The lowest BCUT2D eigenvalue weighted by atomic mass is 10.3. The number of nitrogens with one attached hydrogen (secondary N) is 1. The van der Waals surface area contributed by atoms with E-state index in [4.69, 9.17) is 9.47 Å². The molecule has 0 radical (unpaired) electrons. The van der Waals surface area contributed by atoms with E-state index in [0.717, 1.165) is 25.1 Å². The lowest BCUT2D eigenvalue weighted by molar-refractivity contribution is -0.144. The van der Waals surface area contributed by atoms with E-state index in [1.54, 1.807) is 13.0 Å². The lowest BCUT2D eigenvalue weighted by Crippen LogP contribution is -2.38. The van der Waals surface area contributed by atoms with Crippen molar-refractivity contribution in [1.29, 1.82) is 0 Å². The fraction of sp³-hybridized carbons (Fsp3) is 0.364. The summed E-state index contributed by atoms with van der Waals surface area (Å²) in [7, 11) is 0. The molecule has 28 heavy (non-hydrogen) atoms. The van der Waals surface area contributed by atoms with Crippen LogP contribution >= 0.6 is 0 Å². The van der Waals surface area contributed by atoms with Crippen LogP contribution in [0.25, 0.3) is 0 Å². The molecule has 1 saturated carbocycles. The van der Waals surface area contributed by atoms with Crippen molar-refractivity contribution in [2.75, 3.05) is 31.6 Å². The van der Waals surface area contributed by atoms with Gasteiger partial charge in [-0.2, -0.15) is 0 Å². The molecule has 0 spiro atoms. The van der Waals surface area contributed by atoms with Gasteiger partial charge in [0.2, 0.25) is 5.91 Å². The average Bonchev–Trinajstić information content (AvgIpc) is 3.47. The molecule has 0 aromatic heterocycles. The number of rotatable bonds is 10. The smallest absolute Gasteiger partial charge is 0.320 e. The third-order valence-electron chi connectivity index (χ3n) is 4.34. The van der Waals surface area contributed by atoms with Crippen LogP contribution in [0.5, 0.6) is 11.5 Å². The Labute approximate surface area is 165 Å². The van der Waals surface area contributed by atoms with Gasteiger partial charge in [0.05, 0.1) is 19.7 Å². The zero-order chi connectivity index (χ0) is 19.8. The molecule has 0 saturated heterocycles. The molecular formula is C22H26N2O4. The van der Waals surface area contributed by atoms with Crippen molar-refractivity contribution in [1.82, 2.24) is 4.90 Å². The van der Waals surface area contributed by atoms with Gasteiger partial charge in [-0.15, -0.1) is 0 Å². The molecule has 1 amide bonds. The summed E-state index contributed by atoms with van der Waals surface area (Å²) in [6, 6.07) is 16.7. The maximum Gasteiger partial charge on any atom is 0.320 e. The van der Waals surface area contributed by atoms with E-state index in [2.05, 4.69) is 5.32 Å². The highest BCUT2D eigenvalue weighted by molar-refractivity contribution is 5.92. The van der Waals surface area contributed by atoms with Crippen LogP contribution in [0, 0.1) is 5.92 Å². The monoisotopic (exact) mass is 382 g/mol. The van der Waals surface area contributed by atoms with Crippen LogP contribution in [0.15, 0.2) is 54.6 Å². The molecular weight excluding hydrogens is 356 g/mol. The highest BCUT2D eigenvalue weighted by Crippen LogP contribution is 2.29. The number of hydrogen-bond donors (Lipinski definition) is 1. The summed E-state index contributed by atoms with van der Waals surface area (Å²) < 4.78 is 10.8. The minimum Gasteiger partial charge on any atom is -0.465 e. The predicted octanol–water partition coefficient (Wildman–Crippen LogP) is 3.69. The molecule has 1 fully saturated rings. The van der Waals surface area contributed by atoms with E-state index in [-0.39, 0.29) is 25.0 Å². The minimum atomic E-state index is -0.297. The van der Waals surface area contributed by atoms with Gasteiger partial charge in [-0.05, 0) is 49.9 Å². The van der Waals surface area contributed by atoms with Gasteiger partial charge in [-0.3, -0.25) is 14.5 Å². The number of para-hydroxylation sites is 1. The Kier molecular flexibility index (Phi) is 7.03. The van der Waals surface area contributed by atoms with E-state index >= 15 is 0 Å². The Morgan fingerprint density at radius 2 is 1.79 bits per heavy atom. The summed E-state index contributed by atoms with van der Waals surface area (Å²) in [5.74, 6) is 1.49. The Balaban J connectivity index is 1.56. The molecule has 0 bridgehead atoms. The Bertz CT molecular complexity index is 790. The molecule has 0 aliphatic heterocycles. The maximum absolute atomic E-state index is 12.5. The van der Waals surface area contributed by atoms with E-state index in [0.29, 0.717) is 24.0 Å². The second kappa shape index (κ2) is 9.90. The lowest BCUT2D eigenvalue weighted by Gasteiger charge is -2.20. The summed E-state index contributed by atoms with van der Waals surface area (Å²) in [5, 5.41) is 2.88. The number of carbonyl (C=O) groups is 2. The fourth-order valence-electron chi connectivity index (χ4n) is 2.91. The van der Waals surface area contributed by atoms with Gasteiger partial charge in [0.1, 0.15) is 11.5 Å². The summed E-state index contributed by atoms with van der Waals surface area (Å²) in [6.07, 6.45) is 2.31. The number of hydrogen-bond acceptors (Lipinski definition) is 5. The van der Waals surface area contributed by atoms with Gasteiger partial charge in [-0.1, -0.05) is 24.3 Å². The SMILES string of the molecule is CCOC(=O)CN(CC(=O)Nc1cccc(Oc2ccccc2)c1)CC1CC1. The van der Waals surface area contributed by atoms with E-state index in [1.807, 2.05) is 53.4 Å². The Morgan fingerprint density at radius 3 is 2.50 bits per heavy atom. The molecule has 0 unspecified atom stereocenters. The summed E-state index contributed by atoms with van der Waals surface area (Å²) in [4.78, 5) is 26.1. The van der Waals surface area contributed by atoms with Crippen LogP contribution in [-0.2, 0) is 14.3 Å². The van der Waals surface area contributed by atoms with Crippen molar-refractivity contribution in [2.24, 2.45) is 5.92 Å². The van der Waals surface area contributed by atoms with Crippen LogP contribution in [0.4, 0.5) is 5.69 Å². The minimum absolute atomic E-state index is 0.134. The molecule has 0 heterocycles. The number of benzene rings is 2. The van der Waals surface area contributed by atoms with Crippen molar-refractivity contribution in [3.8, 4) is 11.5 Å². The predicted molar refractivity (Wildman–Crippen MR) is 107 cm³/mol. The highest BCUT2D eigenvalue weighted by Gasteiger charge is 2.26. The standard InChI is InChI=1S/C22H26N2O4/c1-2-27-22(26)16-24(14-17-11-12-17)15-21(25)23-18-7-6-10-20(13-18)28-19-8-4-3-5-9-19/h3-10,13,17H,2,11-12,14-16H2,1H3,(H,23,25). The van der Waals surface area contributed by atoms with Crippen molar-refractivity contribution in [2.45, 2.75) is 19.8 Å². The van der Waals surface area contributed by atoms with Gasteiger partial charge < -0.3 is 14.8 Å². The number of anilines is 1. The number of amides is 1. The molecule has 3 rings (SSSR count). The third kappa shape index (κ3) is 6.70. The molecule has 148 valence electrons. The molecule has 6 heteroatoms. The molecule has 6 nitrogen and oxygen atoms in total. The van der Waals surface area contributed by atoms with E-state index in [1.165, 1.54) is 0 Å². The van der Waals surface area contributed by atoms with Crippen LogP contribution in [0.1, 0.15) is 19.8 Å². The van der Waals surface area contributed by atoms with E-state index < -0.39 is 0 Å². The largest absolute Gasteiger partial charge is 0.465 e. The maximum atomic E-state index is 12.5. The zero-order valence-corrected chi connectivity index (χ0v) is 16.1. The fourth-order valence-corrected chi connectivity index (χ4v) is 2.91. The first-order chi connectivity index (χ1) is 13.6. The number of esters is 1. The second-order valence-corrected chi connectivity index (χ2v) is 6.91. The van der Waals surface area contributed by atoms with Crippen LogP contribution < -0.4 is 10.1 Å². The topological polar surface area (TPSA) is 67.9 Å². The molecule has 2 aromatic carbocycles.